The largest absolute Gasteiger partial charge is 0.354 e. The van der Waals surface area contributed by atoms with Crippen LogP contribution in [0.25, 0.3) is 0 Å². The molecule has 3 aromatic carbocycles. The number of benzene rings is 3. The number of unbranched alkanes of at least 4 members (excludes halogenated alkanes) is 1. The maximum atomic E-state index is 13.9. The summed E-state index contributed by atoms with van der Waals surface area (Å²) >= 11 is 0. The van der Waals surface area contributed by atoms with Gasteiger partial charge >= 0.3 is 0 Å². The first kappa shape index (κ1) is 29.8. The van der Waals surface area contributed by atoms with Crippen LogP contribution >= 0.6 is 0 Å². The Morgan fingerprint density at radius 1 is 0.949 bits per heavy atom. The fourth-order valence-electron chi connectivity index (χ4n) is 4.05. The van der Waals surface area contributed by atoms with Crippen molar-refractivity contribution in [2.75, 3.05) is 17.4 Å². The Kier molecular flexibility index (Phi) is 10.2. The van der Waals surface area contributed by atoms with Gasteiger partial charge in [0.05, 0.1) is 10.6 Å². The summed E-state index contributed by atoms with van der Waals surface area (Å²) in [6, 6.07) is 18.1. The number of anilines is 1. The fourth-order valence-corrected chi connectivity index (χ4v) is 5.46. The minimum atomic E-state index is -4.12. The van der Waals surface area contributed by atoms with E-state index in [4.69, 9.17) is 0 Å². The summed E-state index contributed by atoms with van der Waals surface area (Å²) in [6.45, 7) is 7.27. The Hall–Kier alpha value is -3.72. The summed E-state index contributed by atoms with van der Waals surface area (Å²) in [5.74, 6) is -1.33. The number of amides is 2. The Balaban J connectivity index is 1.99. The molecular formula is C30H36FN3O4S. The highest BCUT2D eigenvalue weighted by molar-refractivity contribution is 7.92. The summed E-state index contributed by atoms with van der Waals surface area (Å²) in [5.41, 5.74) is 2.68. The molecule has 0 aliphatic carbocycles. The third-order valence-corrected chi connectivity index (χ3v) is 8.23. The van der Waals surface area contributed by atoms with E-state index in [9.17, 15) is 22.4 Å². The van der Waals surface area contributed by atoms with Gasteiger partial charge in [-0.3, -0.25) is 13.9 Å². The molecule has 0 aromatic heterocycles. The van der Waals surface area contributed by atoms with Crippen molar-refractivity contribution in [3.63, 3.8) is 0 Å². The topological polar surface area (TPSA) is 86.8 Å². The lowest BCUT2D eigenvalue weighted by atomic mass is 10.1. The van der Waals surface area contributed by atoms with E-state index in [1.54, 1.807) is 49.4 Å². The minimum absolute atomic E-state index is 0.00765. The van der Waals surface area contributed by atoms with Crippen LogP contribution in [0.5, 0.6) is 0 Å². The molecule has 1 N–H and O–H groups in total. The zero-order valence-corrected chi connectivity index (χ0v) is 23.7. The van der Waals surface area contributed by atoms with Gasteiger partial charge in [-0.25, -0.2) is 12.8 Å². The summed E-state index contributed by atoms with van der Waals surface area (Å²) < 4.78 is 42.3. The van der Waals surface area contributed by atoms with Gasteiger partial charge in [-0.15, -0.1) is 0 Å². The molecule has 0 unspecified atom stereocenters. The zero-order chi connectivity index (χ0) is 28.6. The van der Waals surface area contributed by atoms with E-state index in [1.165, 1.54) is 29.2 Å². The summed E-state index contributed by atoms with van der Waals surface area (Å²) in [7, 11) is -4.12. The molecule has 0 saturated carbocycles. The monoisotopic (exact) mass is 553 g/mol. The van der Waals surface area contributed by atoms with Crippen LogP contribution in [0, 0.1) is 19.7 Å². The van der Waals surface area contributed by atoms with Gasteiger partial charge in [0.2, 0.25) is 11.8 Å². The molecule has 0 heterocycles. The smallest absolute Gasteiger partial charge is 0.264 e. The predicted molar refractivity (Wildman–Crippen MR) is 151 cm³/mol. The SMILES string of the molecule is CCCCNC(=O)[C@H](C)N(Cc1ccc(F)cc1)C(=O)CN(c1cccc(C)c1)S(=O)(=O)c1ccc(C)cc1. The van der Waals surface area contributed by atoms with Crippen LogP contribution in [0.2, 0.25) is 0 Å². The van der Waals surface area contributed by atoms with Gasteiger partial charge < -0.3 is 10.2 Å². The highest BCUT2D eigenvalue weighted by atomic mass is 32.2. The molecule has 208 valence electrons. The molecule has 3 rings (SSSR count). The first-order chi connectivity index (χ1) is 18.5. The third kappa shape index (κ3) is 7.89. The quantitative estimate of drug-likeness (QED) is 0.321. The van der Waals surface area contributed by atoms with Crippen molar-refractivity contribution < 1.29 is 22.4 Å². The van der Waals surface area contributed by atoms with E-state index in [0.29, 0.717) is 17.8 Å². The Morgan fingerprint density at radius 2 is 1.62 bits per heavy atom. The number of aryl methyl sites for hydroxylation is 2. The number of hydrogen-bond donors (Lipinski definition) is 1. The molecule has 0 saturated heterocycles. The van der Waals surface area contributed by atoms with Crippen LogP contribution in [0.3, 0.4) is 0 Å². The second-order valence-corrected chi connectivity index (χ2v) is 11.5. The van der Waals surface area contributed by atoms with Gasteiger partial charge in [-0.2, -0.15) is 0 Å². The lowest BCUT2D eigenvalue weighted by Crippen LogP contribution is -2.51. The number of carbonyl (C=O) groups is 2. The van der Waals surface area contributed by atoms with Gasteiger partial charge in [-0.05, 0) is 74.7 Å². The molecule has 0 aliphatic heterocycles. The van der Waals surface area contributed by atoms with E-state index in [0.717, 1.165) is 28.3 Å². The highest BCUT2D eigenvalue weighted by Crippen LogP contribution is 2.25. The molecule has 9 heteroatoms. The lowest BCUT2D eigenvalue weighted by molar-refractivity contribution is -0.139. The van der Waals surface area contributed by atoms with Crippen molar-refractivity contribution >= 4 is 27.5 Å². The number of nitrogens with zero attached hydrogens (tertiary/aromatic N) is 2. The second kappa shape index (κ2) is 13.4. The number of sulfonamides is 1. The summed E-state index contributed by atoms with van der Waals surface area (Å²) in [4.78, 5) is 28.2. The molecule has 0 fully saturated rings. The van der Waals surface area contributed by atoms with Crippen molar-refractivity contribution in [2.45, 2.75) is 58.0 Å². The van der Waals surface area contributed by atoms with E-state index < -0.39 is 34.3 Å². The van der Waals surface area contributed by atoms with Crippen molar-refractivity contribution in [3.8, 4) is 0 Å². The average molecular weight is 554 g/mol. The minimum Gasteiger partial charge on any atom is -0.354 e. The van der Waals surface area contributed by atoms with Gasteiger partial charge in [0, 0.05) is 13.1 Å². The molecule has 0 aliphatic rings. The van der Waals surface area contributed by atoms with Gasteiger partial charge in [0.15, 0.2) is 0 Å². The van der Waals surface area contributed by atoms with E-state index in [1.807, 2.05) is 26.8 Å². The Morgan fingerprint density at radius 3 is 2.23 bits per heavy atom. The first-order valence-corrected chi connectivity index (χ1v) is 14.4. The van der Waals surface area contributed by atoms with Crippen LogP contribution in [0.15, 0.2) is 77.7 Å². The van der Waals surface area contributed by atoms with Crippen LogP contribution < -0.4 is 9.62 Å². The average Bonchev–Trinajstić information content (AvgIpc) is 2.91. The maximum absolute atomic E-state index is 13.9. The van der Waals surface area contributed by atoms with Crippen molar-refractivity contribution in [3.05, 3.63) is 95.3 Å². The predicted octanol–water partition coefficient (Wildman–Crippen LogP) is 4.97. The maximum Gasteiger partial charge on any atom is 0.264 e. The molecule has 0 bridgehead atoms. The second-order valence-electron chi connectivity index (χ2n) is 9.63. The van der Waals surface area contributed by atoms with Crippen LogP contribution in [0.1, 0.15) is 43.4 Å². The van der Waals surface area contributed by atoms with Crippen LogP contribution in [-0.2, 0) is 26.2 Å². The standard InChI is InChI=1S/C30H36FN3O4S/c1-5-6-18-32-30(36)24(4)33(20-25-12-14-26(31)15-13-25)29(35)21-34(27-9-7-8-23(3)19-27)39(37,38)28-16-10-22(2)11-17-28/h7-17,19,24H,5-6,18,20-21H2,1-4H3,(H,32,36)/t24-/m0/s1. The number of hydrogen-bond acceptors (Lipinski definition) is 4. The Labute approximate surface area is 230 Å². The van der Waals surface area contributed by atoms with Gasteiger partial charge in [0.25, 0.3) is 10.0 Å². The molecule has 39 heavy (non-hydrogen) atoms. The van der Waals surface area contributed by atoms with E-state index in [2.05, 4.69) is 5.32 Å². The third-order valence-electron chi connectivity index (χ3n) is 6.44. The van der Waals surface area contributed by atoms with Crippen LogP contribution in [0.4, 0.5) is 10.1 Å². The van der Waals surface area contributed by atoms with Crippen molar-refractivity contribution in [1.82, 2.24) is 10.2 Å². The number of carbonyl (C=O) groups excluding carboxylic acids is 2. The lowest BCUT2D eigenvalue weighted by Gasteiger charge is -2.32. The Bertz CT molecular complexity index is 1380. The number of nitrogens with one attached hydrogen (secondary N) is 1. The molecule has 3 aromatic rings. The van der Waals surface area contributed by atoms with Crippen molar-refractivity contribution in [2.24, 2.45) is 0 Å². The van der Waals surface area contributed by atoms with Gasteiger partial charge in [-0.1, -0.05) is 55.3 Å². The molecule has 1 atom stereocenters. The summed E-state index contributed by atoms with van der Waals surface area (Å²) in [6.07, 6.45) is 1.69. The van der Waals surface area contributed by atoms with Crippen molar-refractivity contribution in [1.29, 1.82) is 0 Å². The van der Waals surface area contributed by atoms with Crippen LogP contribution in [-0.4, -0.2) is 44.3 Å². The number of halogens is 1. The molecule has 0 radical (unpaired) electrons. The molecule has 0 spiro atoms. The molecular weight excluding hydrogens is 517 g/mol. The summed E-state index contributed by atoms with van der Waals surface area (Å²) in [5, 5.41) is 2.84. The zero-order valence-electron chi connectivity index (χ0n) is 22.9. The normalized spacial score (nSPS) is 12.0. The first-order valence-electron chi connectivity index (χ1n) is 13.0. The fraction of sp³-hybridized carbons (Fsp3) is 0.333. The van der Waals surface area contributed by atoms with Gasteiger partial charge in [0.1, 0.15) is 18.4 Å². The van der Waals surface area contributed by atoms with E-state index in [-0.39, 0.29) is 17.3 Å². The molecule has 2 amide bonds. The number of rotatable bonds is 12. The highest BCUT2D eigenvalue weighted by Gasteiger charge is 2.32. The molecule has 7 nitrogen and oxygen atoms in total. The van der Waals surface area contributed by atoms with E-state index >= 15 is 0 Å².